The van der Waals surface area contributed by atoms with Crippen LogP contribution in [0.3, 0.4) is 0 Å². The molecule has 60 valence electrons. The van der Waals surface area contributed by atoms with Crippen molar-refractivity contribution in [2.75, 3.05) is 0 Å². The van der Waals surface area contributed by atoms with E-state index in [4.69, 9.17) is 5.73 Å². The minimum Gasteiger partial charge on any atom is -0.364 e. The van der Waals surface area contributed by atoms with Crippen molar-refractivity contribution >= 4 is 16.8 Å². The van der Waals surface area contributed by atoms with Crippen LogP contribution in [0.5, 0.6) is 0 Å². The summed E-state index contributed by atoms with van der Waals surface area (Å²) in [5, 5.41) is 7.11. The molecule has 0 bridgehead atoms. The molecule has 0 fully saturated rings. The minimum absolute atomic E-state index is 0.326. The molecule has 1 amide bonds. The van der Waals surface area contributed by atoms with Gasteiger partial charge in [0.15, 0.2) is 0 Å². The molecule has 2 heterocycles. The number of rotatable bonds is 1. The monoisotopic (exact) mass is 162 g/mol. The van der Waals surface area contributed by atoms with Crippen molar-refractivity contribution in [2.24, 2.45) is 5.73 Å². The van der Waals surface area contributed by atoms with E-state index in [1.54, 1.807) is 18.5 Å². The van der Waals surface area contributed by atoms with Gasteiger partial charge in [0, 0.05) is 11.6 Å². The summed E-state index contributed by atoms with van der Waals surface area (Å²) < 4.78 is 0. The van der Waals surface area contributed by atoms with Gasteiger partial charge in [-0.15, -0.1) is 0 Å². The Kier molecular flexibility index (Phi) is 1.30. The Bertz CT molecular complexity index is 434. The molecule has 0 unspecified atom stereocenters. The van der Waals surface area contributed by atoms with Gasteiger partial charge in [-0.3, -0.25) is 14.9 Å². The molecule has 0 aliphatic rings. The van der Waals surface area contributed by atoms with Crippen molar-refractivity contribution in [3.63, 3.8) is 0 Å². The van der Waals surface area contributed by atoms with Crippen LogP contribution < -0.4 is 5.73 Å². The lowest BCUT2D eigenvalue weighted by atomic mass is 10.2. The first-order valence-electron chi connectivity index (χ1n) is 3.37. The summed E-state index contributed by atoms with van der Waals surface area (Å²) >= 11 is 0. The third-order valence-electron chi connectivity index (χ3n) is 1.60. The Labute approximate surface area is 67.6 Å². The molecule has 3 N–H and O–H groups in total. The van der Waals surface area contributed by atoms with Crippen molar-refractivity contribution in [1.29, 1.82) is 0 Å². The Balaban J connectivity index is 2.79. The molecule has 0 aliphatic carbocycles. The maximum atomic E-state index is 10.8. The fourth-order valence-corrected chi connectivity index (χ4v) is 1.05. The molecule has 0 atom stereocenters. The van der Waals surface area contributed by atoms with Crippen LogP contribution in [-0.4, -0.2) is 21.1 Å². The second-order valence-corrected chi connectivity index (χ2v) is 2.36. The largest absolute Gasteiger partial charge is 0.364 e. The average Bonchev–Trinajstić information content (AvgIpc) is 2.47. The number of primary amides is 1. The SMILES string of the molecule is NC(=O)c1[nH]nc2cnccc12. The third kappa shape index (κ3) is 0.833. The number of nitrogens with one attached hydrogen (secondary N) is 1. The molecule has 2 aromatic rings. The molecule has 0 radical (unpaired) electrons. The smallest absolute Gasteiger partial charge is 0.267 e. The fraction of sp³-hybridized carbons (Fsp3) is 0. The van der Waals surface area contributed by atoms with Crippen molar-refractivity contribution in [2.45, 2.75) is 0 Å². The van der Waals surface area contributed by atoms with Crippen LogP contribution in [0.2, 0.25) is 0 Å². The molecule has 0 aliphatic heterocycles. The Hall–Kier alpha value is -1.91. The number of nitrogens with zero attached hydrogens (tertiary/aromatic N) is 2. The summed E-state index contributed by atoms with van der Waals surface area (Å²) in [5.74, 6) is -0.510. The first-order chi connectivity index (χ1) is 5.79. The van der Waals surface area contributed by atoms with Gasteiger partial charge in [0.05, 0.1) is 6.20 Å². The average molecular weight is 162 g/mol. The number of fused-ring (bicyclic) bond motifs is 1. The number of amides is 1. The lowest BCUT2D eigenvalue weighted by Crippen LogP contribution is -2.11. The molecule has 5 nitrogen and oxygen atoms in total. The molecular formula is C7H6N4O. The standard InChI is InChI=1S/C7H6N4O/c8-7(12)6-4-1-2-9-3-5(4)10-11-6/h1-3H,(H2,8,12)(H,10,11). The molecule has 0 saturated carbocycles. The van der Waals surface area contributed by atoms with Crippen LogP contribution >= 0.6 is 0 Å². The van der Waals surface area contributed by atoms with Crippen molar-refractivity contribution in [3.05, 3.63) is 24.2 Å². The van der Waals surface area contributed by atoms with Gasteiger partial charge in [0.25, 0.3) is 5.91 Å². The van der Waals surface area contributed by atoms with E-state index in [0.29, 0.717) is 16.6 Å². The van der Waals surface area contributed by atoms with Gasteiger partial charge in [-0.1, -0.05) is 0 Å². The number of H-pyrrole nitrogens is 1. The number of carbonyl (C=O) groups is 1. The van der Waals surface area contributed by atoms with Gasteiger partial charge in [0.2, 0.25) is 0 Å². The molecule has 0 saturated heterocycles. The van der Waals surface area contributed by atoms with Crippen LogP contribution in [0.4, 0.5) is 0 Å². The normalized spacial score (nSPS) is 10.3. The highest BCUT2D eigenvalue weighted by Crippen LogP contribution is 2.12. The van der Waals surface area contributed by atoms with Gasteiger partial charge >= 0.3 is 0 Å². The molecular weight excluding hydrogens is 156 g/mol. The number of nitrogens with two attached hydrogens (primary N) is 1. The summed E-state index contributed by atoms with van der Waals surface area (Å²) in [6.07, 6.45) is 3.16. The number of hydrogen-bond acceptors (Lipinski definition) is 3. The first kappa shape index (κ1) is 6.78. The highest BCUT2D eigenvalue weighted by atomic mass is 16.1. The predicted molar refractivity (Wildman–Crippen MR) is 42.4 cm³/mol. The Morgan fingerprint density at radius 1 is 1.58 bits per heavy atom. The van der Waals surface area contributed by atoms with Crippen LogP contribution in [0.15, 0.2) is 18.5 Å². The van der Waals surface area contributed by atoms with E-state index in [1.165, 1.54) is 0 Å². The predicted octanol–water partition coefficient (Wildman–Crippen LogP) is 0.0568. The zero-order chi connectivity index (χ0) is 8.55. The summed E-state index contributed by atoms with van der Waals surface area (Å²) in [6, 6.07) is 1.69. The highest BCUT2D eigenvalue weighted by Gasteiger charge is 2.08. The van der Waals surface area contributed by atoms with E-state index >= 15 is 0 Å². The van der Waals surface area contributed by atoms with E-state index in [0.717, 1.165) is 0 Å². The van der Waals surface area contributed by atoms with E-state index < -0.39 is 5.91 Å². The minimum atomic E-state index is -0.510. The highest BCUT2D eigenvalue weighted by molar-refractivity contribution is 6.03. The lowest BCUT2D eigenvalue weighted by Gasteiger charge is -1.88. The molecule has 12 heavy (non-hydrogen) atoms. The van der Waals surface area contributed by atoms with Crippen LogP contribution in [0, 0.1) is 0 Å². The van der Waals surface area contributed by atoms with Gasteiger partial charge in [-0.2, -0.15) is 5.10 Å². The van der Waals surface area contributed by atoms with Gasteiger partial charge in [0.1, 0.15) is 11.2 Å². The van der Waals surface area contributed by atoms with Crippen LogP contribution in [-0.2, 0) is 0 Å². The molecule has 0 aromatic carbocycles. The number of pyridine rings is 1. The van der Waals surface area contributed by atoms with Gasteiger partial charge < -0.3 is 5.73 Å². The maximum Gasteiger partial charge on any atom is 0.267 e. The number of aromatic amines is 1. The summed E-state index contributed by atoms with van der Waals surface area (Å²) in [4.78, 5) is 14.7. The topological polar surface area (TPSA) is 84.7 Å². The first-order valence-corrected chi connectivity index (χ1v) is 3.37. The summed E-state index contributed by atoms with van der Waals surface area (Å²) in [7, 11) is 0. The quantitative estimate of drug-likeness (QED) is 0.621. The number of aromatic nitrogens is 3. The Morgan fingerprint density at radius 3 is 3.17 bits per heavy atom. The maximum absolute atomic E-state index is 10.8. The number of hydrogen-bond donors (Lipinski definition) is 2. The van der Waals surface area contributed by atoms with Crippen molar-refractivity contribution in [3.8, 4) is 0 Å². The zero-order valence-electron chi connectivity index (χ0n) is 6.11. The van der Waals surface area contributed by atoms with Crippen molar-refractivity contribution < 1.29 is 4.79 Å². The fourth-order valence-electron chi connectivity index (χ4n) is 1.05. The van der Waals surface area contributed by atoms with E-state index in [1.807, 2.05) is 0 Å². The van der Waals surface area contributed by atoms with Gasteiger partial charge in [-0.05, 0) is 6.07 Å². The van der Waals surface area contributed by atoms with E-state index in [-0.39, 0.29) is 0 Å². The van der Waals surface area contributed by atoms with E-state index in [9.17, 15) is 4.79 Å². The Morgan fingerprint density at radius 2 is 2.42 bits per heavy atom. The summed E-state index contributed by atoms with van der Waals surface area (Å²) in [5.41, 5.74) is 6.06. The third-order valence-corrected chi connectivity index (χ3v) is 1.60. The number of carbonyl (C=O) groups excluding carboxylic acids is 1. The van der Waals surface area contributed by atoms with Gasteiger partial charge in [-0.25, -0.2) is 0 Å². The van der Waals surface area contributed by atoms with Crippen LogP contribution in [0.25, 0.3) is 10.9 Å². The molecule has 2 rings (SSSR count). The summed E-state index contributed by atoms with van der Waals surface area (Å²) in [6.45, 7) is 0. The van der Waals surface area contributed by atoms with E-state index in [2.05, 4.69) is 15.2 Å². The zero-order valence-corrected chi connectivity index (χ0v) is 6.11. The second-order valence-electron chi connectivity index (χ2n) is 2.36. The van der Waals surface area contributed by atoms with Crippen molar-refractivity contribution in [1.82, 2.24) is 15.2 Å². The second kappa shape index (κ2) is 2.30. The van der Waals surface area contributed by atoms with Crippen LogP contribution in [0.1, 0.15) is 10.5 Å². The molecule has 0 spiro atoms. The molecule has 5 heteroatoms. The lowest BCUT2D eigenvalue weighted by molar-refractivity contribution is 0.0997. The molecule has 2 aromatic heterocycles.